The van der Waals surface area contributed by atoms with Gasteiger partial charge in [0.05, 0.1) is 11.2 Å². The van der Waals surface area contributed by atoms with Gasteiger partial charge in [0.25, 0.3) is 0 Å². The molecule has 0 spiro atoms. The molecule has 2 fully saturated rings. The summed E-state index contributed by atoms with van der Waals surface area (Å²) in [5, 5.41) is 0. The van der Waals surface area contributed by atoms with Crippen LogP contribution in [0, 0.1) is 11.3 Å². The molecular weight excluding hydrogens is 160 g/mol. The lowest BCUT2D eigenvalue weighted by Gasteiger charge is -2.39. The largest absolute Gasteiger partial charge is 0.369 e. The minimum atomic E-state index is 0.0759. The summed E-state index contributed by atoms with van der Waals surface area (Å²) in [6, 6.07) is 0. The highest BCUT2D eigenvalue weighted by molar-refractivity contribution is 5.09. The van der Waals surface area contributed by atoms with E-state index in [4.69, 9.17) is 4.74 Å². The van der Waals surface area contributed by atoms with Gasteiger partial charge in [0, 0.05) is 0 Å². The molecule has 1 aliphatic carbocycles. The Kier molecular flexibility index (Phi) is 1.69. The standard InChI is InChI=1S/C12H22O/c1-9-6-7-11(4)8-12(9,5)13-10(11,2)3/h9H,6-8H2,1-5H3/t9?,11-,12+/m0/s1. The van der Waals surface area contributed by atoms with E-state index in [2.05, 4.69) is 34.6 Å². The maximum absolute atomic E-state index is 6.28. The smallest absolute Gasteiger partial charge is 0.0693 e. The van der Waals surface area contributed by atoms with Crippen molar-refractivity contribution in [2.45, 2.75) is 65.1 Å². The molecule has 3 atom stereocenters. The van der Waals surface area contributed by atoms with E-state index in [1.807, 2.05) is 0 Å². The maximum Gasteiger partial charge on any atom is 0.0693 e. The third-order valence-corrected chi connectivity index (χ3v) is 4.85. The van der Waals surface area contributed by atoms with Gasteiger partial charge >= 0.3 is 0 Å². The molecule has 1 unspecified atom stereocenters. The van der Waals surface area contributed by atoms with Crippen LogP contribution in [0.1, 0.15) is 53.9 Å². The number of hydrogen-bond donors (Lipinski definition) is 0. The normalized spacial score (nSPS) is 53.8. The summed E-state index contributed by atoms with van der Waals surface area (Å²) in [5.74, 6) is 0.724. The molecule has 2 rings (SSSR count). The summed E-state index contributed by atoms with van der Waals surface area (Å²) in [6.45, 7) is 11.5. The van der Waals surface area contributed by atoms with Crippen molar-refractivity contribution in [1.82, 2.24) is 0 Å². The van der Waals surface area contributed by atoms with Crippen LogP contribution in [0.5, 0.6) is 0 Å². The van der Waals surface area contributed by atoms with Crippen molar-refractivity contribution in [2.75, 3.05) is 0 Å². The molecule has 13 heavy (non-hydrogen) atoms. The van der Waals surface area contributed by atoms with Gasteiger partial charge in [0.2, 0.25) is 0 Å². The predicted molar refractivity (Wildman–Crippen MR) is 54.7 cm³/mol. The van der Waals surface area contributed by atoms with Gasteiger partial charge in [-0.2, -0.15) is 0 Å². The maximum atomic E-state index is 6.28. The highest BCUT2D eigenvalue weighted by atomic mass is 16.5. The van der Waals surface area contributed by atoms with Crippen LogP contribution >= 0.6 is 0 Å². The molecule has 0 amide bonds. The minimum Gasteiger partial charge on any atom is -0.369 e. The summed E-state index contributed by atoms with van der Waals surface area (Å²) in [6.07, 6.45) is 3.90. The third-order valence-electron chi connectivity index (χ3n) is 4.85. The quantitative estimate of drug-likeness (QED) is 0.558. The SMILES string of the molecule is CC1CC[C@@]2(C)C[C@@]1(C)OC2(C)C. The minimum absolute atomic E-state index is 0.0759. The van der Waals surface area contributed by atoms with Crippen LogP contribution in [0.25, 0.3) is 0 Å². The molecule has 1 saturated carbocycles. The van der Waals surface area contributed by atoms with Crippen molar-refractivity contribution < 1.29 is 4.74 Å². The number of rotatable bonds is 0. The fourth-order valence-electron chi connectivity index (χ4n) is 3.23. The first-order valence-corrected chi connectivity index (χ1v) is 5.49. The second-order valence-corrected chi connectivity index (χ2v) is 6.10. The van der Waals surface area contributed by atoms with E-state index in [0.29, 0.717) is 5.41 Å². The average Bonchev–Trinajstić information content (AvgIpc) is 2.10. The molecule has 1 nitrogen and oxygen atoms in total. The second-order valence-electron chi connectivity index (χ2n) is 6.10. The van der Waals surface area contributed by atoms with Crippen molar-refractivity contribution in [3.63, 3.8) is 0 Å². The average molecular weight is 182 g/mol. The van der Waals surface area contributed by atoms with Crippen LogP contribution in [-0.4, -0.2) is 11.2 Å². The van der Waals surface area contributed by atoms with Crippen molar-refractivity contribution in [3.05, 3.63) is 0 Å². The monoisotopic (exact) mass is 182 g/mol. The Hall–Kier alpha value is -0.0400. The zero-order valence-corrected chi connectivity index (χ0v) is 9.61. The Morgan fingerprint density at radius 3 is 2.31 bits per heavy atom. The van der Waals surface area contributed by atoms with Crippen LogP contribution in [0.3, 0.4) is 0 Å². The molecule has 0 aromatic carbocycles. The van der Waals surface area contributed by atoms with E-state index in [1.165, 1.54) is 19.3 Å². The lowest BCUT2D eigenvalue weighted by atomic mass is 9.62. The van der Waals surface area contributed by atoms with Gasteiger partial charge in [-0.3, -0.25) is 0 Å². The van der Waals surface area contributed by atoms with E-state index in [1.54, 1.807) is 0 Å². The van der Waals surface area contributed by atoms with Crippen molar-refractivity contribution in [1.29, 1.82) is 0 Å². The zero-order valence-electron chi connectivity index (χ0n) is 9.61. The Morgan fingerprint density at radius 2 is 1.77 bits per heavy atom. The van der Waals surface area contributed by atoms with Crippen LogP contribution in [-0.2, 0) is 4.74 Å². The molecule has 0 aromatic heterocycles. The van der Waals surface area contributed by atoms with Gasteiger partial charge in [-0.05, 0) is 51.4 Å². The van der Waals surface area contributed by atoms with E-state index in [0.717, 1.165) is 5.92 Å². The van der Waals surface area contributed by atoms with E-state index in [-0.39, 0.29) is 11.2 Å². The summed E-state index contributed by atoms with van der Waals surface area (Å²) in [5.41, 5.74) is 0.636. The van der Waals surface area contributed by atoms with Gasteiger partial charge in [0.1, 0.15) is 0 Å². The highest BCUT2D eigenvalue weighted by Crippen LogP contribution is 2.60. The third kappa shape index (κ3) is 1.09. The highest BCUT2D eigenvalue weighted by Gasteiger charge is 2.60. The predicted octanol–water partition coefficient (Wildman–Crippen LogP) is 3.38. The zero-order chi connectivity index (χ0) is 9.91. The Labute approximate surface area is 81.9 Å². The van der Waals surface area contributed by atoms with E-state index in [9.17, 15) is 0 Å². The van der Waals surface area contributed by atoms with Gasteiger partial charge in [-0.15, -0.1) is 0 Å². The topological polar surface area (TPSA) is 9.23 Å². The van der Waals surface area contributed by atoms with Gasteiger partial charge < -0.3 is 4.74 Å². The van der Waals surface area contributed by atoms with Crippen molar-refractivity contribution in [2.24, 2.45) is 11.3 Å². The van der Waals surface area contributed by atoms with Gasteiger partial charge in [0.15, 0.2) is 0 Å². The lowest BCUT2D eigenvalue weighted by molar-refractivity contribution is -0.106. The summed E-state index contributed by atoms with van der Waals surface area (Å²) in [7, 11) is 0. The summed E-state index contributed by atoms with van der Waals surface area (Å²) in [4.78, 5) is 0. The van der Waals surface area contributed by atoms with Crippen LogP contribution in [0.15, 0.2) is 0 Å². The molecule has 1 aliphatic heterocycles. The number of hydrogen-bond acceptors (Lipinski definition) is 1. The summed E-state index contributed by atoms with van der Waals surface area (Å²) < 4.78 is 6.28. The summed E-state index contributed by atoms with van der Waals surface area (Å²) >= 11 is 0. The molecule has 2 bridgehead atoms. The first-order valence-electron chi connectivity index (χ1n) is 5.49. The Bertz CT molecular complexity index is 229. The molecule has 0 N–H and O–H groups in total. The number of fused-ring (bicyclic) bond motifs is 2. The van der Waals surface area contributed by atoms with Crippen LogP contribution < -0.4 is 0 Å². The molecule has 1 heterocycles. The van der Waals surface area contributed by atoms with Crippen molar-refractivity contribution in [3.8, 4) is 0 Å². The van der Waals surface area contributed by atoms with E-state index < -0.39 is 0 Å². The molecule has 0 aromatic rings. The van der Waals surface area contributed by atoms with Gasteiger partial charge in [-0.25, -0.2) is 0 Å². The molecule has 76 valence electrons. The van der Waals surface area contributed by atoms with Gasteiger partial charge in [-0.1, -0.05) is 13.8 Å². The molecular formula is C12H22O. The second kappa shape index (κ2) is 2.31. The number of ether oxygens (including phenoxy) is 1. The van der Waals surface area contributed by atoms with Crippen LogP contribution in [0.4, 0.5) is 0 Å². The first kappa shape index (κ1) is 9.51. The fraction of sp³-hybridized carbons (Fsp3) is 1.00. The Balaban J connectivity index is 2.37. The Morgan fingerprint density at radius 1 is 1.15 bits per heavy atom. The fourth-order valence-corrected chi connectivity index (χ4v) is 3.23. The molecule has 0 radical (unpaired) electrons. The van der Waals surface area contributed by atoms with E-state index >= 15 is 0 Å². The van der Waals surface area contributed by atoms with Crippen LogP contribution in [0.2, 0.25) is 0 Å². The molecule has 1 heteroatoms. The molecule has 1 saturated heterocycles. The van der Waals surface area contributed by atoms with Crippen molar-refractivity contribution >= 4 is 0 Å². The lowest BCUT2D eigenvalue weighted by Crippen LogP contribution is -2.38. The first-order chi connectivity index (χ1) is 5.79. The molecule has 2 aliphatic rings.